The van der Waals surface area contributed by atoms with Crippen molar-refractivity contribution in [3.8, 4) is 22.4 Å². The first-order valence-electron chi connectivity index (χ1n) is 10.5. The van der Waals surface area contributed by atoms with Crippen LogP contribution >= 0.6 is 0 Å². The molecule has 0 unspecified atom stereocenters. The molecule has 0 saturated heterocycles. The largest absolute Gasteiger partial charge is 0.444 e. The van der Waals surface area contributed by atoms with Crippen LogP contribution in [0.3, 0.4) is 0 Å². The maximum absolute atomic E-state index is 12.2. The third-order valence-electron chi connectivity index (χ3n) is 5.04. The van der Waals surface area contributed by atoms with Crippen LogP contribution in [0.15, 0.2) is 67.4 Å². The maximum Gasteiger partial charge on any atom is 0.412 e. The lowest BCUT2D eigenvalue weighted by Gasteiger charge is -2.19. The van der Waals surface area contributed by atoms with Gasteiger partial charge in [-0.05, 0) is 50.6 Å². The molecule has 0 fully saturated rings. The predicted molar refractivity (Wildman–Crippen MR) is 128 cm³/mol. The Morgan fingerprint density at radius 3 is 2.61 bits per heavy atom. The fraction of sp³-hybridized carbons (Fsp3) is 0.160. The summed E-state index contributed by atoms with van der Waals surface area (Å²) in [6.45, 7) is 5.45. The zero-order chi connectivity index (χ0) is 23.0. The molecule has 0 radical (unpaired) electrons. The van der Waals surface area contributed by atoms with E-state index in [0.29, 0.717) is 5.69 Å². The van der Waals surface area contributed by atoms with Gasteiger partial charge in [-0.15, -0.1) is 0 Å². The van der Waals surface area contributed by atoms with E-state index in [-0.39, 0.29) is 0 Å². The fourth-order valence-corrected chi connectivity index (χ4v) is 3.69. The molecule has 1 aromatic carbocycles. The highest BCUT2D eigenvalue weighted by molar-refractivity contribution is 6.12. The SMILES string of the molecule is CC(C)(C)OC(=O)Nc1cncc(-c2n[nH]c3cnc4ccc(-c5cccnc5)cc4c23)c1. The number of rotatable bonds is 3. The van der Waals surface area contributed by atoms with Crippen LogP contribution < -0.4 is 5.32 Å². The molecule has 5 aromatic rings. The number of hydrogen-bond donors (Lipinski definition) is 2. The Kier molecular flexibility index (Phi) is 4.97. The van der Waals surface area contributed by atoms with Crippen LogP contribution in [-0.2, 0) is 4.74 Å². The first-order valence-corrected chi connectivity index (χ1v) is 10.5. The minimum Gasteiger partial charge on any atom is -0.444 e. The number of carbonyl (C=O) groups excluding carboxylic acids is 1. The summed E-state index contributed by atoms with van der Waals surface area (Å²) < 4.78 is 5.34. The molecule has 0 aliphatic carbocycles. The number of ether oxygens (including phenoxy) is 1. The average molecular weight is 438 g/mol. The number of anilines is 1. The van der Waals surface area contributed by atoms with Crippen molar-refractivity contribution in [1.82, 2.24) is 25.1 Å². The number of fused-ring (bicyclic) bond motifs is 3. The van der Waals surface area contributed by atoms with Crippen LogP contribution in [-0.4, -0.2) is 36.8 Å². The molecular weight excluding hydrogens is 416 g/mol. The smallest absolute Gasteiger partial charge is 0.412 e. The number of hydrogen-bond acceptors (Lipinski definition) is 6. The van der Waals surface area contributed by atoms with Crippen molar-refractivity contribution < 1.29 is 9.53 Å². The second-order valence-electron chi connectivity index (χ2n) is 8.68. The highest BCUT2D eigenvalue weighted by atomic mass is 16.6. The molecule has 2 N–H and O–H groups in total. The Bertz CT molecular complexity index is 1470. The van der Waals surface area contributed by atoms with E-state index in [0.717, 1.165) is 44.2 Å². The molecule has 8 nitrogen and oxygen atoms in total. The van der Waals surface area contributed by atoms with Gasteiger partial charge in [0.05, 0.1) is 29.1 Å². The van der Waals surface area contributed by atoms with E-state index in [9.17, 15) is 4.79 Å². The van der Waals surface area contributed by atoms with E-state index in [1.54, 1.807) is 24.8 Å². The van der Waals surface area contributed by atoms with Crippen molar-refractivity contribution in [3.63, 3.8) is 0 Å². The molecule has 5 rings (SSSR count). The van der Waals surface area contributed by atoms with Crippen molar-refractivity contribution in [2.24, 2.45) is 0 Å². The number of carbonyl (C=O) groups is 1. The molecular formula is C25H22N6O2. The van der Waals surface area contributed by atoms with Gasteiger partial charge in [0.15, 0.2) is 0 Å². The lowest BCUT2D eigenvalue weighted by atomic mass is 10.0. The number of aromatic amines is 1. The molecule has 1 amide bonds. The van der Waals surface area contributed by atoms with E-state index in [1.165, 1.54) is 0 Å². The van der Waals surface area contributed by atoms with Crippen LogP contribution in [0.25, 0.3) is 44.2 Å². The Hall–Kier alpha value is -4.33. The third kappa shape index (κ3) is 4.23. The number of aromatic nitrogens is 5. The standard InChI is InChI=1S/C25H22N6O2/c1-25(2,3)33-24(32)29-18-9-17(12-27-13-18)23-22-19-10-15(16-5-4-8-26-11-16)6-7-20(19)28-14-21(22)30-31-23/h4-14H,1-3H3,(H,29,32)(H,30,31). The molecule has 0 aliphatic rings. The summed E-state index contributed by atoms with van der Waals surface area (Å²) in [4.78, 5) is 25.3. The lowest BCUT2D eigenvalue weighted by Crippen LogP contribution is -2.27. The van der Waals surface area contributed by atoms with Gasteiger partial charge in [0.25, 0.3) is 0 Å². The van der Waals surface area contributed by atoms with Gasteiger partial charge in [-0.2, -0.15) is 5.10 Å². The van der Waals surface area contributed by atoms with Crippen molar-refractivity contribution in [2.75, 3.05) is 5.32 Å². The highest BCUT2D eigenvalue weighted by Gasteiger charge is 2.18. The molecule has 33 heavy (non-hydrogen) atoms. The van der Waals surface area contributed by atoms with Gasteiger partial charge in [0, 0.05) is 40.5 Å². The lowest BCUT2D eigenvalue weighted by molar-refractivity contribution is 0.0636. The topological polar surface area (TPSA) is 106 Å². The van der Waals surface area contributed by atoms with Gasteiger partial charge in [-0.1, -0.05) is 12.1 Å². The molecule has 0 atom stereocenters. The van der Waals surface area contributed by atoms with E-state index in [2.05, 4.69) is 36.5 Å². The van der Waals surface area contributed by atoms with Crippen LogP contribution in [0, 0.1) is 0 Å². The predicted octanol–water partition coefficient (Wildman–Crippen LogP) is 5.58. The molecule has 0 aliphatic heterocycles. The molecule has 8 heteroatoms. The molecule has 4 aromatic heterocycles. The zero-order valence-corrected chi connectivity index (χ0v) is 18.5. The van der Waals surface area contributed by atoms with Crippen LogP contribution in [0.1, 0.15) is 20.8 Å². The average Bonchev–Trinajstić information content (AvgIpc) is 3.23. The Balaban J connectivity index is 1.59. The number of amides is 1. The number of nitrogens with one attached hydrogen (secondary N) is 2. The van der Waals surface area contributed by atoms with Gasteiger partial charge in [-0.3, -0.25) is 25.4 Å². The minimum absolute atomic E-state index is 0.521. The molecule has 0 bridgehead atoms. The molecule has 164 valence electrons. The minimum atomic E-state index is -0.592. The Labute approximate surface area is 190 Å². The van der Waals surface area contributed by atoms with Crippen molar-refractivity contribution in [3.05, 3.63) is 67.4 Å². The van der Waals surface area contributed by atoms with E-state index in [4.69, 9.17) is 4.74 Å². The second kappa shape index (κ2) is 7.98. The van der Waals surface area contributed by atoms with Crippen molar-refractivity contribution in [1.29, 1.82) is 0 Å². The van der Waals surface area contributed by atoms with Gasteiger partial charge in [0.2, 0.25) is 0 Å². The third-order valence-corrected chi connectivity index (χ3v) is 5.04. The van der Waals surface area contributed by atoms with E-state index >= 15 is 0 Å². The quantitative estimate of drug-likeness (QED) is 0.381. The first-order chi connectivity index (χ1) is 15.9. The zero-order valence-electron chi connectivity index (χ0n) is 18.5. The van der Waals surface area contributed by atoms with Crippen LogP contribution in [0.5, 0.6) is 0 Å². The summed E-state index contributed by atoms with van der Waals surface area (Å²) in [5.74, 6) is 0. The molecule has 0 spiro atoms. The van der Waals surface area contributed by atoms with Gasteiger partial charge in [-0.25, -0.2) is 4.79 Å². The van der Waals surface area contributed by atoms with Gasteiger partial charge >= 0.3 is 6.09 Å². The summed E-state index contributed by atoms with van der Waals surface area (Å²) >= 11 is 0. The molecule has 4 heterocycles. The van der Waals surface area contributed by atoms with Crippen molar-refractivity contribution >= 4 is 33.6 Å². The number of nitrogens with zero attached hydrogens (tertiary/aromatic N) is 4. The molecule has 0 saturated carbocycles. The van der Waals surface area contributed by atoms with Gasteiger partial charge < -0.3 is 4.74 Å². The Morgan fingerprint density at radius 1 is 0.970 bits per heavy atom. The number of pyridine rings is 3. The fourth-order valence-electron chi connectivity index (χ4n) is 3.69. The van der Waals surface area contributed by atoms with E-state index in [1.807, 2.05) is 57.3 Å². The van der Waals surface area contributed by atoms with Gasteiger partial charge in [0.1, 0.15) is 11.3 Å². The first kappa shape index (κ1) is 20.6. The summed E-state index contributed by atoms with van der Waals surface area (Å²) in [5, 5.41) is 12.2. The monoisotopic (exact) mass is 438 g/mol. The highest BCUT2D eigenvalue weighted by Crippen LogP contribution is 2.34. The van der Waals surface area contributed by atoms with Crippen LogP contribution in [0.4, 0.5) is 10.5 Å². The Morgan fingerprint density at radius 2 is 1.82 bits per heavy atom. The summed E-state index contributed by atoms with van der Waals surface area (Å²) in [7, 11) is 0. The van der Waals surface area contributed by atoms with Crippen LogP contribution in [0.2, 0.25) is 0 Å². The van der Waals surface area contributed by atoms with E-state index < -0.39 is 11.7 Å². The maximum atomic E-state index is 12.2. The number of H-pyrrole nitrogens is 1. The summed E-state index contributed by atoms with van der Waals surface area (Å²) in [6, 6.07) is 11.9. The van der Waals surface area contributed by atoms with Crippen molar-refractivity contribution in [2.45, 2.75) is 26.4 Å². The summed E-state index contributed by atoms with van der Waals surface area (Å²) in [5.41, 5.74) is 5.13. The summed E-state index contributed by atoms with van der Waals surface area (Å²) in [6.07, 6.45) is 8.11. The second-order valence-corrected chi connectivity index (χ2v) is 8.68. The number of benzene rings is 1. The normalized spacial score (nSPS) is 11.6.